The molecule has 8 nitrogen and oxygen atoms in total. The van der Waals surface area contributed by atoms with Gasteiger partial charge in [0.25, 0.3) is 0 Å². The monoisotopic (exact) mass is 417 g/mol. The Morgan fingerprint density at radius 1 is 0.967 bits per heavy atom. The zero-order valence-corrected chi connectivity index (χ0v) is 18.4. The first kappa shape index (κ1) is 23.8. The van der Waals surface area contributed by atoms with Crippen LogP contribution in [0.3, 0.4) is 0 Å². The lowest BCUT2D eigenvalue weighted by Crippen LogP contribution is -2.51. The minimum absolute atomic E-state index is 0.0155. The number of likely N-dealkylation sites (N-methyl/N-ethyl adjacent to an activating group) is 1. The standard InChI is InChI=1S/C22H35N5O3/c1-4-10-23-20(28)15-25(3)22(30)17-27-13-11-26(12-14-27)16-21(29)24-19-9-7-6-8-18(19)5-2/h6-9H,4-5,10-17H2,1-3H3,(H,23,28)(H,24,29). The zero-order valence-electron chi connectivity index (χ0n) is 18.4. The van der Waals surface area contributed by atoms with E-state index in [4.69, 9.17) is 0 Å². The average molecular weight is 418 g/mol. The molecular formula is C22H35N5O3. The van der Waals surface area contributed by atoms with E-state index < -0.39 is 0 Å². The summed E-state index contributed by atoms with van der Waals surface area (Å²) >= 11 is 0. The lowest BCUT2D eigenvalue weighted by atomic mass is 10.1. The molecular weight excluding hydrogens is 382 g/mol. The molecule has 2 rings (SSSR count). The van der Waals surface area contributed by atoms with E-state index in [0.717, 1.165) is 50.3 Å². The van der Waals surface area contributed by atoms with Crippen LogP contribution in [0.1, 0.15) is 25.8 Å². The predicted molar refractivity (Wildman–Crippen MR) is 118 cm³/mol. The summed E-state index contributed by atoms with van der Waals surface area (Å²) in [5.41, 5.74) is 2.00. The molecule has 0 aromatic heterocycles. The maximum absolute atomic E-state index is 12.4. The Balaban J connectivity index is 1.71. The Morgan fingerprint density at radius 2 is 1.60 bits per heavy atom. The molecule has 3 amide bonds. The van der Waals surface area contributed by atoms with Crippen molar-refractivity contribution in [2.24, 2.45) is 0 Å². The van der Waals surface area contributed by atoms with Gasteiger partial charge in [-0.05, 0) is 24.5 Å². The van der Waals surface area contributed by atoms with E-state index in [2.05, 4.69) is 27.4 Å². The van der Waals surface area contributed by atoms with Crippen molar-refractivity contribution in [1.82, 2.24) is 20.0 Å². The number of benzene rings is 1. The number of amides is 3. The van der Waals surface area contributed by atoms with Crippen molar-refractivity contribution in [3.8, 4) is 0 Å². The minimum atomic E-state index is -0.131. The number of aryl methyl sites for hydroxylation is 1. The molecule has 1 aliphatic rings. The summed E-state index contributed by atoms with van der Waals surface area (Å²) in [4.78, 5) is 42.2. The molecule has 0 spiro atoms. The molecule has 1 saturated heterocycles. The van der Waals surface area contributed by atoms with E-state index in [9.17, 15) is 14.4 Å². The molecule has 0 saturated carbocycles. The summed E-state index contributed by atoms with van der Waals surface area (Å²) in [5.74, 6) is -0.213. The maximum Gasteiger partial charge on any atom is 0.239 e. The van der Waals surface area contributed by atoms with Gasteiger partial charge in [0.2, 0.25) is 17.7 Å². The van der Waals surface area contributed by atoms with Crippen LogP contribution in [-0.2, 0) is 20.8 Å². The highest BCUT2D eigenvalue weighted by molar-refractivity contribution is 5.93. The van der Waals surface area contributed by atoms with Crippen LogP contribution in [0, 0.1) is 0 Å². The number of carbonyl (C=O) groups excluding carboxylic acids is 3. The molecule has 1 fully saturated rings. The van der Waals surface area contributed by atoms with Gasteiger partial charge in [0.15, 0.2) is 0 Å². The van der Waals surface area contributed by atoms with Gasteiger partial charge >= 0.3 is 0 Å². The summed E-state index contributed by atoms with van der Waals surface area (Å²) < 4.78 is 0. The number of para-hydroxylation sites is 1. The second-order valence-electron chi connectivity index (χ2n) is 7.71. The smallest absolute Gasteiger partial charge is 0.239 e. The van der Waals surface area contributed by atoms with Crippen LogP contribution in [0.4, 0.5) is 5.69 Å². The normalized spacial score (nSPS) is 14.9. The number of nitrogens with one attached hydrogen (secondary N) is 2. The highest BCUT2D eigenvalue weighted by atomic mass is 16.2. The third-order valence-corrected chi connectivity index (χ3v) is 5.24. The fourth-order valence-electron chi connectivity index (χ4n) is 3.38. The van der Waals surface area contributed by atoms with Crippen LogP contribution in [0.15, 0.2) is 24.3 Å². The van der Waals surface area contributed by atoms with E-state index in [0.29, 0.717) is 19.6 Å². The van der Waals surface area contributed by atoms with E-state index in [1.165, 1.54) is 4.90 Å². The third kappa shape index (κ3) is 7.76. The van der Waals surface area contributed by atoms with Crippen molar-refractivity contribution in [2.75, 3.05) is 64.7 Å². The third-order valence-electron chi connectivity index (χ3n) is 5.24. The minimum Gasteiger partial charge on any atom is -0.355 e. The van der Waals surface area contributed by atoms with Gasteiger partial charge in [-0.3, -0.25) is 24.2 Å². The molecule has 0 radical (unpaired) electrons. The van der Waals surface area contributed by atoms with Crippen molar-refractivity contribution < 1.29 is 14.4 Å². The van der Waals surface area contributed by atoms with Crippen molar-refractivity contribution in [1.29, 1.82) is 0 Å². The van der Waals surface area contributed by atoms with Crippen molar-refractivity contribution >= 4 is 23.4 Å². The zero-order chi connectivity index (χ0) is 21.9. The average Bonchev–Trinajstić information content (AvgIpc) is 2.73. The van der Waals surface area contributed by atoms with E-state index in [1.807, 2.05) is 31.2 Å². The molecule has 166 valence electrons. The number of anilines is 1. The summed E-state index contributed by atoms with van der Waals surface area (Å²) in [7, 11) is 1.66. The summed E-state index contributed by atoms with van der Waals surface area (Å²) in [6.45, 7) is 8.31. The number of hydrogen-bond donors (Lipinski definition) is 2. The van der Waals surface area contributed by atoms with Crippen molar-refractivity contribution in [3.05, 3.63) is 29.8 Å². The fraction of sp³-hybridized carbons (Fsp3) is 0.591. The number of nitrogens with zero attached hydrogens (tertiary/aromatic N) is 3. The molecule has 1 aromatic rings. The molecule has 8 heteroatoms. The Bertz CT molecular complexity index is 716. The first-order chi connectivity index (χ1) is 14.4. The van der Waals surface area contributed by atoms with E-state index >= 15 is 0 Å². The van der Waals surface area contributed by atoms with Gasteiger partial charge in [0, 0.05) is 45.5 Å². The molecule has 0 aliphatic carbocycles. The lowest BCUT2D eigenvalue weighted by molar-refractivity contribution is -0.136. The molecule has 0 atom stereocenters. The maximum atomic E-state index is 12.4. The Hall–Kier alpha value is -2.45. The Kier molecular flexibility index (Phi) is 9.76. The molecule has 2 N–H and O–H groups in total. The topological polar surface area (TPSA) is 85.0 Å². The molecule has 0 unspecified atom stereocenters. The number of rotatable bonds is 10. The summed E-state index contributed by atoms with van der Waals surface area (Å²) in [5, 5.41) is 5.79. The lowest BCUT2D eigenvalue weighted by Gasteiger charge is -2.34. The SMILES string of the molecule is CCCNC(=O)CN(C)C(=O)CN1CCN(CC(=O)Nc2ccccc2CC)CC1. The van der Waals surface area contributed by atoms with Gasteiger partial charge in [0.05, 0.1) is 19.6 Å². The fourth-order valence-corrected chi connectivity index (χ4v) is 3.38. The largest absolute Gasteiger partial charge is 0.355 e. The highest BCUT2D eigenvalue weighted by Crippen LogP contribution is 2.15. The Morgan fingerprint density at radius 3 is 2.23 bits per heavy atom. The quantitative estimate of drug-likeness (QED) is 0.588. The van der Waals surface area contributed by atoms with E-state index in [-0.39, 0.29) is 24.3 Å². The predicted octanol–water partition coefficient (Wildman–Crippen LogP) is 0.790. The molecule has 30 heavy (non-hydrogen) atoms. The molecule has 1 aromatic carbocycles. The van der Waals surface area contributed by atoms with Crippen LogP contribution >= 0.6 is 0 Å². The first-order valence-corrected chi connectivity index (χ1v) is 10.8. The first-order valence-electron chi connectivity index (χ1n) is 10.8. The van der Waals surface area contributed by atoms with E-state index in [1.54, 1.807) is 7.05 Å². The van der Waals surface area contributed by atoms with Crippen LogP contribution in [0.25, 0.3) is 0 Å². The number of hydrogen-bond acceptors (Lipinski definition) is 5. The molecule has 1 aliphatic heterocycles. The highest BCUT2D eigenvalue weighted by Gasteiger charge is 2.22. The molecule has 0 bridgehead atoms. The van der Waals surface area contributed by atoms with Crippen molar-refractivity contribution in [3.63, 3.8) is 0 Å². The van der Waals surface area contributed by atoms with Crippen LogP contribution in [0.5, 0.6) is 0 Å². The number of carbonyl (C=O) groups is 3. The second-order valence-corrected chi connectivity index (χ2v) is 7.71. The van der Waals surface area contributed by atoms with Gasteiger partial charge in [-0.2, -0.15) is 0 Å². The van der Waals surface area contributed by atoms with Crippen LogP contribution in [-0.4, -0.2) is 91.8 Å². The summed E-state index contributed by atoms with van der Waals surface area (Å²) in [6, 6.07) is 7.86. The molecule has 1 heterocycles. The van der Waals surface area contributed by atoms with Gasteiger partial charge in [-0.15, -0.1) is 0 Å². The second kappa shape index (κ2) is 12.3. The summed E-state index contributed by atoms with van der Waals surface area (Å²) in [6.07, 6.45) is 1.74. The van der Waals surface area contributed by atoms with Gasteiger partial charge < -0.3 is 15.5 Å². The van der Waals surface area contributed by atoms with Crippen molar-refractivity contribution in [2.45, 2.75) is 26.7 Å². The van der Waals surface area contributed by atoms with Gasteiger partial charge in [-0.25, -0.2) is 0 Å². The van der Waals surface area contributed by atoms with Gasteiger partial charge in [-0.1, -0.05) is 32.0 Å². The Labute approximate surface area is 179 Å². The van der Waals surface area contributed by atoms with Gasteiger partial charge in [0.1, 0.15) is 0 Å². The van der Waals surface area contributed by atoms with Crippen LogP contribution < -0.4 is 10.6 Å². The van der Waals surface area contributed by atoms with Crippen LogP contribution in [0.2, 0.25) is 0 Å². The number of piperazine rings is 1.